The summed E-state index contributed by atoms with van der Waals surface area (Å²) in [5.41, 5.74) is 2.19. The van der Waals surface area contributed by atoms with Gasteiger partial charge < -0.3 is 14.8 Å². The van der Waals surface area contributed by atoms with Crippen molar-refractivity contribution in [2.75, 3.05) is 13.2 Å². The first-order valence-electron chi connectivity index (χ1n) is 6.09. The van der Waals surface area contributed by atoms with Crippen LogP contribution >= 0.6 is 0 Å². The average Bonchev–Trinajstić information content (AvgIpc) is 2.78. The van der Waals surface area contributed by atoms with Crippen molar-refractivity contribution in [3.8, 4) is 5.75 Å². The van der Waals surface area contributed by atoms with E-state index in [1.807, 2.05) is 6.07 Å². The van der Waals surface area contributed by atoms with E-state index in [0.29, 0.717) is 19.0 Å². The fourth-order valence-corrected chi connectivity index (χ4v) is 2.36. The highest BCUT2D eigenvalue weighted by molar-refractivity contribution is 5.39. The second-order valence-corrected chi connectivity index (χ2v) is 4.58. The van der Waals surface area contributed by atoms with Crippen LogP contribution in [0.1, 0.15) is 24.0 Å². The van der Waals surface area contributed by atoms with E-state index >= 15 is 0 Å². The Balaban J connectivity index is 1.78. The predicted octanol–water partition coefficient (Wildman–Crippen LogP) is 1.99. The van der Waals surface area contributed by atoms with Crippen LogP contribution < -0.4 is 10.1 Å². The summed E-state index contributed by atoms with van der Waals surface area (Å²) in [6.07, 6.45) is 1.77. The van der Waals surface area contributed by atoms with Crippen LogP contribution in [0, 0.1) is 5.82 Å². The van der Waals surface area contributed by atoms with Gasteiger partial charge in [0.15, 0.2) is 11.6 Å². The first kappa shape index (κ1) is 11.0. The van der Waals surface area contributed by atoms with E-state index in [-0.39, 0.29) is 11.9 Å². The first-order valence-corrected chi connectivity index (χ1v) is 6.09. The molecule has 0 unspecified atom stereocenters. The number of benzene rings is 1. The summed E-state index contributed by atoms with van der Waals surface area (Å²) in [6, 6.07) is 3.42. The molecule has 1 fully saturated rings. The minimum atomic E-state index is -0.251. The van der Waals surface area contributed by atoms with Crippen LogP contribution in [0.5, 0.6) is 5.75 Å². The molecule has 17 heavy (non-hydrogen) atoms. The molecule has 0 saturated carbocycles. The molecule has 2 aliphatic heterocycles. The van der Waals surface area contributed by atoms with Crippen molar-refractivity contribution in [3.05, 3.63) is 29.1 Å². The molecule has 0 aliphatic carbocycles. The second kappa shape index (κ2) is 4.63. The molecule has 92 valence electrons. The smallest absolute Gasteiger partial charge is 0.165 e. The lowest BCUT2D eigenvalue weighted by atomic mass is 10.1. The number of nitrogens with one attached hydrogen (secondary N) is 1. The fraction of sp³-hybridized carbons (Fsp3) is 0.538. The van der Waals surface area contributed by atoms with Crippen molar-refractivity contribution in [3.63, 3.8) is 0 Å². The topological polar surface area (TPSA) is 30.5 Å². The maximum absolute atomic E-state index is 13.8. The minimum absolute atomic E-state index is 0.0886. The van der Waals surface area contributed by atoms with E-state index in [0.717, 1.165) is 37.1 Å². The average molecular weight is 237 g/mol. The maximum Gasteiger partial charge on any atom is 0.165 e. The fourth-order valence-electron chi connectivity index (χ4n) is 2.36. The van der Waals surface area contributed by atoms with Crippen LogP contribution in [-0.2, 0) is 17.8 Å². The summed E-state index contributed by atoms with van der Waals surface area (Å²) in [5, 5.41) is 3.20. The van der Waals surface area contributed by atoms with Crippen molar-refractivity contribution in [1.82, 2.24) is 5.32 Å². The Morgan fingerprint density at radius 3 is 2.65 bits per heavy atom. The van der Waals surface area contributed by atoms with Crippen LogP contribution in [0.25, 0.3) is 0 Å². The van der Waals surface area contributed by atoms with Gasteiger partial charge in [-0.3, -0.25) is 0 Å². The quantitative estimate of drug-likeness (QED) is 0.853. The van der Waals surface area contributed by atoms with Crippen molar-refractivity contribution in [1.29, 1.82) is 0 Å². The summed E-state index contributed by atoms with van der Waals surface area (Å²) in [5.74, 6) is 0.137. The van der Waals surface area contributed by atoms with E-state index < -0.39 is 0 Å². The zero-order valence-corrected chi connectivity index (χ0v) is 9.67. The molecule has 0 radical (unpaired) electrons. The van der Waals surface area contributed by atoms with Crippen molar-refractivity contribution >= 4 is 0 Å². The Morgan fingerprint density at radius 2 is 1.88 bits per heavy atom. The van der Waals surface area contributed by atoms with Gasteiger partial charge >= 0.3 is 0 Å². The van der Waals surface area contributed by atoms with Crippen LogP contribution in [0.15, 0.2) is 12.1 Å². The zero-order valence-electron chi connectivity index (χ0n) is 9.67. The van der Waals surface area contributed by atoms with Gasteiger partial charge in [-0.1, -0.05) is 0 Å². The van der Waals surface area contributed by atoms with Gasteiger partial charge in [0, 0.05) is 25.9 Å². The summed E-state index contributed by atoms with van der Waals surface area (Å²) in [4.78, 5) is 0. The molecule has 0 atom stereocenters. The molecule has 1 N–H and O–H groups in total. The third-order valence-corrected chi connectivity index (χ3v) is 3.35. The number of hydrogen-bond acceptors (Lipinski definition) is 3. The molecule has 1 saturated heterocycles. The molecule has 3 rings (SSSR count). The SMILES string of the molecule is Fc1cc2c(cc1OC1CCOCC1)CNC2. The molecule has 1 aromatic carbocycles. The monoisotopic (exact) mass is 237 g/mol. The molecule has 4 heteroatoms. The predicted molar refractivity (Wildman–Crippen MR) is 61.4 cm³/mol. The summed E-state index contributed by atoms with van der Waals surface area (Å²) < 4.78 is 24.8. The van der Waals surface area contributed by atoms with Gasteiger partial charge in [0.1, 0.15) is 6.10 Å². The molecule has 0 bridgehead atoms. The molecule has 3 nitrogen and oxygen atoms in total. The first-order chi connectivity index (χ1) is 8.33. The standard InChI is InChI=1S/C13H16FNO2/c14-12-5-9-7-15-8-10(9)6-13(12)17-11-1-3-16-4-2-11/h5-6,11,15H,1-4,7-8H2. The van der Waals surface area contributed by atoms with Gasteiger partial charge in [0.2, 0.25) is 0 Å². The Labute approximate surface area is 99.9 Å². The number of halogens is 1. The van der Waals surface area contributed by atoms with Gasteiger partial charge in [0.05, 0.1) is 13.2 Å². The minimum Gasteiger partial charge on any atom is -0.487 e. The molecular weight excluding hydrogens is 221 g/mol. The molecule has 2 heterocycles. The summed E-state index contributed by atoms with van der Waals surface area (Å²) >= 11 is 0. The highest BCUT2D eigenvalue weighted by atomic mass is 19.1. The van der Waals surface area contributed by atoms with Crippen LogP contribution in [0.2, 0.25) is 0 Å². The highest BCUT2D eigenvalue weighted by Crippen LogP contribution is 2.27. The second-order valence-electron chi connectivity index (χ2n) is 4.58. The van der Waals surface area contributed by atoms with Crippen molar-refractivity contribution in [2.24, 2.45) is 0 Å². The largest absolute Gasteiger partial charge is 0.487 e. The molecular formula is C13H16FNO2. The van der Waals surface area contributed by atoms with Gasteiger partial charge in [-0.15, -0.1) is 0 Å². The Morgan fingerprint density at radius 1 is 1.18 bits per heavy atom. The lowest BCUT2D eigenvalue weighted by Crippen LogP contribution is -2.26. The molecule has 2 aliphatic rings. The molecule has 0 aromatic heterocycles. The number of fused-ring (bicyclic) bond motifs is 1. The van der Waals surface area contributed by atoms with E-state index in [1.165, 1.54) is 0 Å². The lowest BCUT2D eigenvalue weighted by molar-refractivity contribution is 0.0240. The third-order valence-electron chi connectivity index (χ3n) is 3.35. The number of ether oxygens (including phenoxy) is 2. The van der Waals surface area contributed by atoms with E-state index in [9.17, 15) is 4.39 Å². The van der Waals surface area contributed by atoms with Gasteiger partial charge in [0.25, 0.3) is 0 Å². The normalized spacial score (nSPS) is 20.3. The van der Waals surface area contributed by atoms with Gasteiger partial charge in [-0.05, 0) is 23.3 Å². The van der Waals surface area contributed by atoms with Crippen LogP contribution in [-0.4, -0.2) is 19.3 Å². The Bertz CT molecular complexity index is 416. The molecule has 0 amide bonds. The Kier molecular flexibility index (Phi) is 2.99. The van der Waals surface area contributed by atoms with Crippen LogP contribution in [0.4, 0.5) is 4.39 Å². The number of hydrogen-bond donors (Lipinski definition) is 1. The lowest BCUT2D eigenvalue weighted by Gasteiger charge is -2.23. The van der Waals surface area contributed by atoms with Crippen LogP contribution in [0.3, 0.4) is 0 Å². The molecule has 1 aromatic rings. The maximum atomic E-state index is 13.8. The van der Waals surface area contributed by atoms with Crippen molar-refractivity contribution < 1.29 is 13.9 Å². The molecule has 0 spiro atoms. The highest BCUT2D eigenvalue weighted by Gasteiger charge is 2.20. The van der Waals surface area contributed by atoms with Gasteiger partial charge in [-0.25, -0.2) is 4.39 Å². The zero-order chi connectivity index (χ0) is 11.7. The van der Waals surface area contributed by atoms with E-state index in [1.54, 1.807) is 6.07 Å². The van der Waals surface area contributed by atoms with E-state index in [2.05, 4.69) is 5.32 Å². The summed E-state index contributed by atoms with van der Waals surface area (Å²) in [7, 11) is 0. The summed E-state index contributed by atoms with van der Waals surface area (Å²) in [6.45, 7) is 2.97. The third kappa shape index (κ3) is 2.28. The number of rotatable bonds is 2. The van der Waals surface area contributed by atoms with E-state index in [4.69, 9.17) is 9.47 Å². The Hall–Kier alpha value is -1.13. The van der Waals surface area contributed by atoms with Crippen molar-refractivity contribution in [2.45, 2.75) is 32.0 Å². The van der Waals surface area contributed by atoms with Gasteiger partial charge in [-0.2, -0.15) is 0 Å².